The number of carbonyl (C=O) groups is 1. The van der Waals surface area contributed by atoms with Gasteiger partial charge in [-0.2, -0.15) is 4.31 Å². The lowest BCUT2D eigenvalue weighted by Crippen LogP contribution is -2.52. The van der Waals surface area contributed by atoms with E-state index in [1.807, 2.05) is 31.2 Å². The number of ether oxygens (including phenoxy) is 1. The summed E-state index contributed by atoms with van der Waals surface area (Å²) in [5.41, 5.74) is 1.26. The Morgan fingerprint density at radius 1 is 1.06 bits per heavy atom. The lowest BCUT2D eigenvalue weighted by Gasteiger charge is -2.36. The van der Waals surface area contributed by atoms with Crippen molar-refractivity contribution in [3.63, 3.8) is 0 Å². The number of thiazole rings is 1. The molecule has 5 rings (SSSR count). The molecule has 10 heteroatoms. The first-order valence-electron chi connectivity index (χ1n) is 11.9. The molecule has 2 aromatic carbocycles. The highest BCUT2D eigenvalue weighted by molar-refractivity contribution is 7.89. The largest absolute Gasteiger partial charge is 0.497 e. The summed E-state index contributed by atoms with van der Waals surface area (Å²) in [6, 6.07) is 12.5. The second-order valence-electron chi connectivity index (χ2n) is 9.16. The highest BCUT2D eigenvalue weighted by Crippen LogP contribution is 2.50. The molecule has 0 spiro atoms. The Balaban J connectivity index is 1.30. The minimum Gasteiger partial charge on any atom is -0.497 e. The van der Waals surface area contributed by atoms with Gasteiger partial charge in [0, 0.05) is 32.7 Å². The van der Waals surface area contributed by atoms with Crippen LogP contribution in [0.1, 0.15) is 31.7 Å². The third kappa shape index (κ3) is 4.17. The molecule has 1 saturated heterocycles. The molecule has 0 bridgehead atoms. The molecule has 2 aliphatic rings. The summed E-state index contributed by atoms with van der Waals surface area (Å²) in [5, 5.41) is 0. The molecule has 35 heavy (non-hydrogen) atoms. The van der Waals surface area contributed by atoms with Crippen LogP contribution in [0.5, 0.6) is 5.75 Å². The van der Waals surface area contributed by atoms with Crippen molar-refractivity contribution in [2.24, 2.45) is 0 Å². The van der Waals surface area contributed by atoms with Crippen LogP contribution in [0.25, 0.3) is 10.2 Å². The molecule has 1 saturated carbocycles. The monoisotopic (exact) mass is 515 g/mol. The summed E-state index contributed by atoms with van der Waals surface area (Å²) < 4.78 is 35.7. The molecular formula is C25H29N3O5S2. The van der Waals surface area contributed by atoms with Crippen molar-refractivity contribution in [1.29, 1.82) is 0 Å². The molecule has 2 fully saturated rings. The number of rotatable bonds is 7. The first-order chi connectivity index (χ1) is 16.8. The van der Waals surface area contributed by atoms with Crippen LogP contribution in [0, 0.1) is 0 Å². The number of nitrogens with zero attached hydrogens (tertiary/aromatic N) is 3. The fraction of sp³-hybridized carbons (Fsp3) is 0.440. The van der Waals surface area contributed by atoms with E-state index in [0.29, 0.717) is 24.3 Å². The first kappa shape index (κ1) is 24.0. The fourth-order valence-electron chi connectivity index (χ4n) is 4.89. The summed E-state index contributed by atoms with van der Waals surface area (Å²) in [6.07, 6.45) is 2.43. The topological polar surface area (TPSA) is 88.9 Å². The molecule has 1 aliphatic heterocycles. The highest BCUT2D eigenvalue weighted by Gasteiger charge is 2.53. The van der Waals surface area contributed by atoms with Gasteiger partial charge in [-0.05, 0) is 55.2 Å². The number of aryl methyl sites for hydroxylation is 1. The third-order valence-electron chi connectivity index (χ3n) is 7.05. The predicted octanol–water partition coefficient (Wildman–Crippen LogP) is 3.05. The standard InChI is InChI=1S/C25H29N3O5S2/c1-3-12-28-21-9-8-20(17-22(21)34-24(28)30)35(31,32)27-15-13-26(14-16-27)23(29)25(10-11-25)18-4-6-19(33-2)7-5-18/h4-9,17H,3,10-16H2,1-2H3. The van der Waals surface area contributed by atoms with Crippen LogP contribution in [-0.4, -0.2) is 61.4 Å². The normalized spacial score (nSPS) is 18.1. The van der Waals surface area contributed by atoms with Crippen LogP contribution in [0.2, 0.25) is 0 Å². The number of benzene rings is 2. The molecule has 0 atom stereocenters. The number of aromatic nitrogens is 1. The van der Waals surface area contributed by atoms with Crippen molar-refractivity contribution in [3.05, 3.63) is 57.7 Å². The van der Waals surface area contributed by atoms with E-state index >= 15 is 0 Å². The number of amides is 1. The lowest BCUT2D eigenvalue weighted by molar-refractivity contribution is -0.135. The lowest BCUT2D eigenvalue weighted by atomic mass is 9.94. The fourth-order valence-corrected chi connectivity index (χ4v) is 7.37. The molecule has 1 aromatic heterocycles. The average Bonchev–Trinajstić information content (AvgIpc) is 3.63. The van der Waals surface area contributed by atoms with E-state index in [1.165, 1.54) is 4.31 Å². The van der Waals surface area contributed by atoms with Crippen LogP contribution < -0.4 is 9.61 Å². The van der Waals surface area contributed by atoms with Crippen molar-refractivity contribution < 1.29 is 17.9 Å². The van der Waals surface area contributed by atoms with E-state index in [1.54, 1.807) is 34.8 Å². The molecule has 0 unspecified atom stereocenters. The van der Waals surface area contributed by atoms with Crippen LogP contribution >= 0.6 is 11.3 Å². The average molecular weight is 516 g/mol. The second kappa shape index (κ2) is 9.07. The number of fused-ring (bicyclic) bond motifs is 1. The summed E-state index contributed by atoms with van der Waals surface area (Å²) in [5.74, 6) is 0.825. The molecule has 0 N–H and O–H groups in total. The van der Waals surface area contributed by atoms with Crippen LogP contribution in [0.15, 0.2) is 52.2 Å². The van der Waals surface area contributed by atoms with Gasteiger partial charge in [0.2, 0.25) is 15.9 Å². The van der Waals surface area contributed by atoms with Crippen molar-refractivity contribution >= 4 is 37.5 Å². The Hall–Kier alpha value is -2.69. The number of carbonyl (C=O) groups excluding carboxylic acids is 1. The Morgan fingerprint density at radius 3 is 2.34 bits per heavy atom. The van der Waals surface area contributed by atoms with Crippen molar-refractivity contribution in [2.75, 3.05) is 33.3 Å². The van der Waals surface area contributed by atoms with Gasteiger partial charge in [-0.3, -0.25) is 14.2 Å². The number of piperazine rings is 1. The van der Waals surface area contributed by atoms with Gasteiger partial charge in [0.1, 0.15) is 5.75 Å². The number of methoxy groups -OCH3 is 1. The molecule has 0 radical (unpaired) electrons. The van der Waals surface area contributed by atoms with Crippen LogP contribution in [0.3, 0.4) is 0 Å². The molecule has 186 valence electrons. The van der Waals surface area contributed by atoms with Crippen LogP contribution in [0.4, 0.5) is 0 Å². The zero-order valence-corrected chi connectivity index (χ0v) is 21.5. The Morgan fingerprint density at radius 2 is 1.74 bits per heavy atom. The van der Waals surface area contributed by atoms with Crippen molar-refractivity contribution in [1.82, 2.24) is 13.8 Å². The zero-order valence-electron chi connectivity index (χ0n) is 19.9. The van der Waals surface area contributed by atoms with Gasteiger partial charge in [0.05, 0.1) is 27.6 Å². The molecular weight excluding hydrogens is 486 g/mol. The molecule has 1 amide bonds. The number of sulfonamides is 1. The smallest absolute Gasteiger partial charge is 0.308 e. The maximum absolute atomic E-state index is 13.4. The molecule has 2 heterocycles. The molecule has 1 aliphatic carbocycles. The van der Waals surface area contributed by atoms with Gasteiger partial charge in [0.15, 0.2) is 0 Å². The van der Waals surface area contributed by atoms with Gasteiger partial charge >= 0.3 is 4.87 Å². The number of hydrogen-bond acceptors (Lipinski definition) is 6. The quantitative estimate of drug-likeness (QED) is 0.483. The van der Waals surface area contributed by atoms with E-state index in [-0.39, 0.29) is 28.8 Å². The van der Waals surface area contributed by atoms with Gasteiger partial charge in [0.25, 0.3) is 0 Å². The van der Waals surface area contributed by atoms with Gasteiger partial charge in [-0.1, -0.05) is 30.4 Å². The van der Waals surface area contributed by atoms with E-state index < -0.39 is 15.4 Å². The van der Waals surface area contributed by atoms with Crippen LogP contribution in [-0.2, 0) is 26.8 Å². The van der Waals surface area contributed by atoms with Gasteiger partial charge in [-0.25, -0.2) is 8.42 Å². The summed E-state index contributed by atoms with van der Waals surface area (Å²) in [7, 11) is -2.11. The predicted molar refractivity (Wildman–Crippen MR) is 136 cm³/mol. The minimum atomic E-state index is -3.72. The Kier molecular flexibility index (Phi) is 6.23. The third-order valence-corrected chi connectivity index (χ3v) is 9.89. The SMILES string of the molecule is CCCn1c(=O)sc2cc(S(=O)(=O)N3CCN(C(=O)C4(c5ccc(OC)cc5)CC4)CC3)ccc21. The van der Waals surface area contributed by atoms with Crippen molar-refractivity contribution in [2.45, 2.75) is 43.0 Å². The first-order valence-corrected chi connectivity index (χ1v) is 14.1. The summed E-state index contributed by atoms with van der Waals surface area (Å²) in [6.45, 7) is 3.83. The minimum absolute atomic E-state index is 0.0724. The van der Waals surface area contributed by atoms with E-state index in [2.05, 4.69) is 0 Å². The van der Waals surface area contributed by atoms with E-state index in [4.69, 9.17) is 4.74 Å². The Bertz CT molecular complexity index is 1410. The van der Waals surface area contributed by atoms with Gasteiger partial charge < -0.3 is 9.64 Å². The second-order valence-corrected chi connectivity index (χ2v) is 12.1. The summed E-state index contributed by atoms with van der Waals surface area (Å²) >= 11 is 1.07. The number of hydrogen-bond donors (Lipinski definition) is 0. The zero-order chi connectivity index (χ0) is 24.8. The molecule has 3 aromatic rings. The molecule has 8 nitrogen and oxygen atoms in total. The summed E-state index contributed by atoms with van der Waals surface area (Å²) in [4.78, 5) is 27.6. The maximum atomic E-state index is 13.4. The Labute approximate surface area is 208 Å². The highest BCUT2D eigenvalue weighted by atomic mass is 32.2. The van der Waals surface area contributed by atoms with E-state index in [0.717, 1.165) is 47.4 Å². The van der Waals surface area contributed by atoms with Crippen molar-refractivity contribution in [3.8, 4) is 5.75 Å². The van der Waals surface area contributed by atoms with Gasteiger partial charge in [-0.15, -0.1) is 0 Å². The maximum Gasteiger partial charge on any atom is 0.308 e. The van der Waals surface area contributed by atoms with E-state index in [9.17, 15) is 18.0 Å².